The lowest BCUT2D eigenvalue weighted by Gasteiger charge is -2.28. The third kappa shape index (κ3) is 2.52. The van der Waals surface area contributed by atoms with Gasteiger partial charge in [-0.15, -0.1) is 11.6 Å². The Hall–Kier alpha value is -2.92. The van der Waals surface area contributed by atoms with Crippen LogP contribution in [0.25, 0.3) is 10.8 Å². The summed E-state index contributed by atoms with van der Waals surface area (Å²) in [7, 11) is 0. The quantitative estimate of drug-likeness (QED) is 0.425. The van der Waals surface area contributed by atoms with Crippen LogP contribution in [0.15, 0.2) is 66.7 Å². The molecule has 3 aromatic rings. The van der Waals surface area contributed by atoms with Crippen molar-refractivity contribution in [1.29, 1.82) is 0 Å². The predicted molar refractivity (Wildman–Crippen MR) is 101 cm³/mol. The van der Waals surface area contributed by atoms with E-state index in [1.54, 1.807) is 24.3 Å². The summed E-state index contributed by atoms with van der Waals surface area (Å²) in [6, 6.07) is 20.4. The summed E-state index contributed by atoms with van der Waals surface area (Å²) in [5, 5.41) is 16.1. The number of nitrogens with one attached hydrogen (secondary N) is 1. The molecule has 3 aromatic carbocycles. The Balaban J connectivity index is 1.89. The third-order valence-electron chi connectivity index (χ3n) is 4.89. The standard InChI is InChI=1S/C20H15ClN2O3/c21-20(16-7-3-4-8-18(16)22-19(20)24)17(12-23(25)26)15-10-9-13-5-1-2-6-14(13)11-15/h1-11,17H,12H2,(H,22,24)/t17-,20+/m1/s1. The number of carbonyl (C=O) groups is 1. The van der Waals surface area contributed by atoms with Gasteiger partial charge in [-0.25, -0.2) is 0 Å². The molecule has 1 N–H and O–H groups in total. The minimum atomic E-state index is -1.52. The Morgan fingerprint density at radius 1 is 1.04 bits per heavy atom. The molecule has 5 nitrogen and oxygen atoms in total. The van der Waals surface area contributed by atoms with Crippen molar-refractivity contribution in [2.75, 3.05) is 11.9 Å². The van der Waals surface area contributed by atoms with Gasteiger partial charge in [0.25, 0.3) is 5.91 Å². The van der Waals surface area contributed by atoms with Crippen molar-refractivity contribution < 1.29 is 9.72 Å². The molecule has 0 fully saturated rings. The minimum absolute atomic E-state index is 0.418. The fraction of sp³-hybridized carbons (Fsp3) is 0.150. The normalized spacial score (nSPS) is 19.8. The van der Waals surface area contributed by atoms with Crippen molar-refractivity contribution in [1.82, 2.24) is 0 Å². The number of rotatable bonds is 4. The molecule has 4 rings (SSSR count). The zero-order valence-electron chi connectivity index (χ0n) is 13.7. The van der Waals surface area contributed by atoms with Crippen LogP contribution in [0, 0.1) is 10.1 Å². The second kappa shape index (κ2) is 6.11. The maximum atomic E-state index is 12.7. The number of nitrogens with zero attached hydrogens (tertiary/aromatic N) is 1. The molecule has 1 heterocycles. The molecule has 0 saturated heterocycles. The number of fused-ring (bicyclic) bond motifs is 2. The van der Waals surface area contributed by atoms with Gasteiger partial charge in [-0.05, 0) is 22.4 Å². The topological polar surface area (TPSA) is 72.2 Å². The minimum Gasteiger partial charge on any atom is -0.324 e. The average molecular weight is 367 g/mol. The van der Waals surface area contributed by atoms with E-state index in [1.807, 2.05) is 42.5 Å². The van der Waals surface area contributed by atoms with Crippen LogP contribution in [0.2, 0.25) is 0 Å². The van der Waals surface area contributed by atoms with E-state index in [-0.39, 0.29) is 0 Å². The summed E-state index contributed by atoms with van der Waals surface area (Å²) in [5.74, 6) is -1.23. The van der Waals surface area contributed by atoms with Crippen LogP contribution in [0.1, 0.15) is 17.0 Å². The van der Waals surface area contributed by atoms with Gasteiger partial charge in [-0.3, -0.25) is 14.9 Å². The summed E-state index contributed by atoms with van der Waals surface area (Å²) in [6.07, 6.45) is 0. The smallest absolute Gasteiger partial charge is 0.251 e. The van der Waals surface area contributed by atoms with E-state index >= 15 is 0 Å². The fourth-order valence-corrected chi connectivity index (χ4v) is 4.03. The van der Waals surface area contributed by atoms with E-state index in [0.29, 0.717) is 16.8 Å². The van der Waals surface area contributed by atoms with E-state index in [0.717, 1.165) is 10.8 Å². The number of amides is 1. The number of carbonyl (C=O) groups excluding carboxylic acids is 1. The zero-order chi connectivity index (χ0) is 18.3. The largest absolute Gasteiger partial charge is 0.324 e. The number of benzene rings is 3. The van der Waals surface area contributed by atoms with Gasteiger partial charge in [0.15, 0.2) is 4.87 Å². The fourth-order valence-electron chi connectivity index (χ4n) is 3.63. The molecular weight excluding hydrogens is 352 g/mol. The van der Waals surface area contributed by atoms with E-state index in [2.05, 4.69) is 5.32 Å². The summed E-state index contributed by atoms with van der Waals surface area (Å²) in [4.78, 5) is 22.2. The molecule has 0 bridgehead atoms. The number of hydrogen-bond donors (Lipinski definition) is 1. The lowest BCUT2D eigenvalue weighted by molar-refractivity contribution is -0.484. The molecule has 1 aliphatic heterocycles. The van der Waals surface area contributed by atoms with Crippen LogP contribution in [-0.2, 0) is 9.67 Å². The molecule has 1 amide bonds. The Bertz CT molecular complexity index is 1040. The van der Waals surface area contributed by atoms with Crippen molar-refractivity contribution in [3.05, 3.63) is 88.0 Å². The SMILES string of the molecule is O=C1Nc2ccccc2[C@]1(Cl)[C@H](C[N+](=O)[O-])c1ccc2ccccc2c1. The van der Waals surface area contributed by atoms with Crippen molar-refractivity contribution in [3.8, 4) is 0 Å². The first kappa shape index (κ1) is 16.5. The first-order valence-corrected chi connectivity index (χ1v) is 8.58. The molecule has 0 unspecified atom stereocenters. The molecule has 26 heavy (non-hydrogen) atoms. The highest BCUT2D eigenvalue weighted by Gasteiger charge is 2.53. The third-order valence-corrected chi connectivity index (χ3v) is 5.52. The summed E-state index contributed by atoms with van der Waals surface area (Å²) >= 11 is 6.83. The molecule has 1 aliphatic rings. The Morgan fingerprint density at radius 2 is 1.73 bits per heavy atom. The van der Waals surface area contributed by atoms with E-state index in [4.69, 9.17) is 11.6 Å². The zero-order valence-corrected chi connectivity index (χ0v) is 14.4. The van der Waals surface area contributed by atoms with Crippen LogP contribution in [-0.4, -0.2) is 17.4 Å². The van der Waals surface area contributed by atoms with Gasteiger partial charge >= 0.3 is 0 Å². The lowest BCUT2D eigenvalue weighted by Crippen LogP contribution is -2.38. The van der Waals surface area contributed by atoms with Crippen molar-refractivity contribution >= 4 is 34.0 Å². The van der Waals surface area contributed by atoms with Crippen LogP contribution in [0.4, 0.5) is 5.69 Å². The first-order valence-electron chi connectivity index (χ1n) is 8.20. The highest BCUT2D eigenvalue weighted by atomic mass is 35.5. The van der Waals surface area contributed by atoms with E-state index < -0.39 is 28.2 Å². The molecular formula is C20H15ClN2O3. The Kier molecular flexibility index (Phi) is 3.89. The van der Waals surface area contributed by atoms with Gasteiger partial charge in [0.1, 0.15) is 0 Å². The number of para-hydroxylation sites is 1. The molecule has 130 valence electrons. The van der Waals surface area contributed by atoms with Crippen LogP contribution >= 0.6 is 11.6 Å². The molecule has 0 aromatic heterocycles. The van der Waals surface area contributed by atoms with Crippen LogP contribution < -0.4 is 5.32 Å². The maximum Gasteiger partial charge on any atom is 0.251 e. The lowest BCUT2D eigenvalue weighted by atomic mass is 9.80. The molecule has 0 spiro atoms. The molecule has 0 radical (unpaired) electrons. The van der Waals surface area contributed by atoms with Gasteiger partial charge in [0.2, 0.25) is 6.54 Å². The average Bonchev–Trinajstić information content (AvgIpc) is 2.91. The molecule has 0 saturated carbocycles. The summed E-state index contributed by atoms with van der Waals surface area (Å²) in [6.45, 7) is -0.441. The predicted octanol–water partition coefficient (Wildman–Crippen LogP) is 4.29. The van der Waals surface area contributed by atoms with Gasteiger partial charge in [-0.1, -0.05) is 60.7 Å². The summed E-state index contributed by atoms with van der Waals surface area (Å²) < 4.78 is 0. The van der Waals surface area contributed by atoms with E-state index in [1.165, 1.54) is 0 Å². The molecule has 2 atom stereocenters. The van der Waals surface area contributed by atoms with Gasteiger partial charge in [-0.2, -0.15) is 0 Å². The Labute approximate surface area is 154 Å². The van der Waals surface area contributed by atoms with E-state index in [9.17, 15) is 14.9 Å². The highest BCUT2D eigenvalue weighted by Crippen LogP contribution is 2.50. The van der Waals surface area contributed by atoms with Crippen LogP contribution in [0.3, 0.4) is 0 Å². The number of halogens is 1. The van der Waals surface area contributed by atoms with Gasteiger partial charge in [0.05, 0.1) is 5.92 Å². The number of alkyl halides is 1. The number of anilines is 1. The van der Waals surface area contributed by atoms with Gasteiger partial charge < -0.3 is 5.32 Å². The van der Waals surface area contributed by atoms with Crippen molar-refractivity contribution in [3.63, 3.8) is 0 Å². The highest BCUT2D eigenvalue weighted by molar-refractivity contribution is 6.39. The van der Waals surface area contributed by atoms with Crippen molar-refractivity contribution in [2.45, 2.75) is 10.8 Å². The summed E-state index contributed by atoms with van der Waals surface area (Å²) in [5.41, 5.74) is 1.84. The first-order chi connectivity index (χ1) is 12.5. The monoisotopic (exact) mass is 366 g/mol. The maximum absolute atomic E-state index is 12.7. The molecule has 0 aliphatic carbocycles. The Morgan fingerprint density at radius 3 is 2.50 bits per heavy atom. The van der Waals surface area contributed by atoms with Gasteiger partial charge in [0, 0.05) is 16.2 Å². The van der Waals surface area contributed by atoms with Crippen LogP contribution in [0.5, 0.6) is 0 Å². The second-order valence-electron chi connectivity index (χ2n) is 6.39. The number of hydrogen-bond acceptors (Lipinski definition) is 3. The number of nitro groups is 1. The molecule has 6 heteroatoms. The van der Waals surface area contributed by atoms with Crippen molar-refractivity contribution in [2.24, 2.45) is 0 Å². The second-order valence-corrected chi connectivity index (χ2v) is 6.98.